The van der Waals surface area contributed by atoms with E-state index in [1.807, 2.05) is 6.07 Å². The molecule has 0 radical (unpaired) electrons. The summed E-state index contributed by atoms with van der Waals surface area (Å²) in [5.74, 6) is 1.82. The standard InChI is InChI=1S/C16H24N2O3/c1-11-5-4-8-17-13(11)10-16(19)18-12-6-7-14(20-2)15(9-12)21-3/h6-7,9,11,13,17H,4-5,8,10H2,1-3H3,(H,18,19). The normalized spacial score (nSPS) is 21.7. The number of rotatable bonds is 5. The number of benzene rings is 1. The summed E-state index contributed by atoms with van der Waals surface area (Å²) >= 11 is 0. The third-order valence-electron chi connectivity index (χ3n) is 4.00. The molecule has 0 spiro atoms. The third-order valence-corrected chi connectivity index (χ3v) is 4.00. The highest BCUT2D eigenvalue weighted by atomic mass is 16.5. The van der Waals surface area contributed by atoms with E-state index in [0.717, 1.165) is 12.2 Å². The van der Waals surface area contributed by atoms with E-state index in [2.05, 4.69) is 17.6 Å². The molecular weight excluding hydrogens is 268 g/mol. The smallest absolute Gasteiger partial charge is 0.225 e. The molecule has 0 aromatic heterocycles. The number of carbonyl (C=O) groups excluding carboxylic acids is 1. The van der Waals surface area contributed by atoms with Crippen LogP contribution in [-0.4, -0.2) is 32.7 Å². The maximum Gasteiger partial charge on any atom is 0.225 e. The van der Waals surface area contributed by atoms with Crippen LogP contribution in [0.5, 0.6) is 11.5 Å². The Morgan fingerprint density at radius 3 is 2.76 bits per heavy atom. The maximum atomic E-state index is 12.2. The van der Waals surface area contributed by atoms with Crippen molar-refractivity contribution < 1.29 is 14.3 Å². The van der Waals surface area contributed by atoms with Gasteiger partial charge in [0.05, 0.1) is 14.2 Å². The Kier molecular flexibility index (Phi) is 5.44. The van der Waals surface area contributed by atoms with Crippen molar-refractivity contribution in [1.29, 1.82) is 0 Å². The number of anilines is 1. The number of hydrogen-bond acceptors (Lipinski definition) is 4. The molecule has 116 valence electrons. The molecule has 2 rings (SSSR count). The van der Waals surface area contributed by atoms with E-state index >= 15 is 0 Å². The number of nitrogens with one attached hydrogen (secondary N) is 2. The molecule has 0 bridgehead atoms. The van der Waals surface area contributed by atoms with Crippen molar-refractivity contribution in [3.8, 4) is 11.5 Å². The first kappa shape index (κ1) is 15.6. The monoisotopic (exact) mass is 292 g/mol. The van der Waals surface area contributed by atoms with Crippen molar-refractivity contribution in [2.45, 2.75) is 32.2 Å². The summed E-state index contributed by atoms with van der Waals surface area (Å²) in [5.41, 5.74) is 0.723. The van der Waals surface area contributed by atoms with Crippen LogP contribution in [0.2, 0.25) is 0 Å². The van der Waals surface area contributed by atoms with Gasteiger partial charge in [0.25, 0.3) is 0 Å². The molecule has 2 unspecified atom stereocenters. The minimum Gasteiger partial charge on any atom is -0.493 e. The van der Waals surface area contributed by atoms with Crippen molar-refractivity contribution in [3.63, 3.8) is 0 Å². The van der Waals surface area contributed by atoms with Crippen LogP contribution in [-0.2, 0) is 4.79 Å². The second-order valence-corrected chi connectivity index (χ2v) is 5.50. The van der Waals surface area contributed by atoms with E-state index in [1.165, 1.54) is 12.8 Å². The number of piperidine rings is 1. The molecule has 1 amide bonds. The van der Waals surface area contributed by atoms with E-state index in [1.54, 1.807) is 26.4 Å². The number of hydrogen-bond donors (Lipinski definition) is 2. The van der Waals surface area contributed by atoms with Gasteiger partial charge in [0.2, 0.25) is 5.91 Å². The van der Waals surface area contributed by atoms with Crippen molar-refractivity contribution in [2.24, 2.45) is 5.92 Å². The van der Waals surface area contributed by atoms with Gasteiger partial charge in [-0.05, 0) is 37.4 Å². The van der Waals surface area contributed by atoms with E-state index < -0.39 is 0 Å². The highest BCUT2D eigenvalue weighted by Gasteiger charge is 2.23. The van der Waals surface area contributed by atoms with Crippen LogP contribution in [0.4, 0.5) is 5.69 Å². The van der Waals surface area contributed by atoms with Crippen molar-refractivity contribution in [2.75, 3.05) is 26.1 Å². The third kappa shape index (κ3) is 4.11. The quantitative estimate of drug-likeness (QED) is 0.875. The first-order valence-corrected chi connectivity index (χ1v) is 7.39. The first-order chi connectivity index (χ1) is 10.1. The van der Waals surface area contributed by atoms with Gasteiger partial charge >= 0.3 is 0 Å². The SMILES string of the molecule is COc1ccc(NC(=O)CC2NCCCC2C)cc1OC. The summed E-state index contributed by atoms with van der Waals surface area (Å²) in [6.45, 7) is 3.19. The van der Waals surface area contributed by atoms with Crippen molar-refractivity contribution >= 4 is 11.6 Å². The average molecular weight is 292 g/mol. The topological polar surface area (TPSA) is 59.6 Å². The largest absolute Gasteiger partial charge is 0.493 e. The fraction of sp³-hybridized carbons (Fsp3) is 0.562. The molecule has 1 aliphatic heterocycles. The Morgan fingerprint density at radius 2 is 2.10 bits per heavy atom. The molecule has 1 fully saturated rings. The lowest BCUT2D eigenvalue weighted by atomic mass is 9.90. The van der Waals surface area contributed by atoms with Gasteiger partial charge in [0, 0.05) is 24.2 Å². The zero-order valence-corrected chi connectivity index (χ0v) is 12.9. The second-order valence-electron chi connectivity index (χ2n) is 5.50. The fourth-order valence-corrected chi connectivity index (χ4v) is 2.71. The fourth-order valence-electron chi connectivity index (χ4n) is 2.71. The van der Waals surface area contributed by atoms with Crippen LogP contribution in [0.1, 0.15) is 26.2 Å². The van der Waals surface area contributed by atoms with E-state index in [-0.39, 0.29) is 11.9 Å². The molecule has 21 heavy (non-hydrogen) atoms. The number of methoxy groups -OCH3 is 2. The Bertz CT molecular complexity index is 490. The molecule has 0 aliphatic carbocycles. The average Bonchev–Trinajstić information content (AvgIpc) is 2.49. The van der Waals surface area contributed by atoms with Crippen LogP contribution in [0.3, 0.4) is 0 Å². The zero-order chi connectivity index (χ0) is 15.2. The lowest BCUT2D eigenvalue weighted by molar-refractivity contribution is -0.117. The summed E-state index contributed by atoms with van der Waals surface area (Å²) in [5, 5.41) is 6.34. The molecule has 1 aromatic carbocycles. The lowest BCUT2D eigenvalue weighted by Crippen LogP contribution is -2.42. The maximum absolute atomic E-state index is 12.2. The molecule has 0 saturated carbocycles. The molecule has 5 nitrogen and oxygen atoms in total. The van der Waals surface area contributed by atoms with Crippen molar-refractivity contribution in [1.82, 2.24) is 5.32 Å². The van der Waals surface area contributed by atoms with E-state index in [9.17, 15) is 4.79 Å². The van der Waals surface area contributed by atoms with Crippen LogP contribution in [0.15, 0.2) is 18.2 Å². The van der Waals surface area contributed by atoms with Crippen molar-refractivity contribution in [3.05, 3.63) is 18.2 Å². The van der Waals surface area contributed by atoms with Crippen LogP contribution >= 0.6 is 0 Å². The molecule has 1 heterocycles. The zero-order valence-electron chi connectivity index (χ0n) is 12.9. The lowest BCUT2D eigenvalue weighted by Gasteiger charge is -2.29. The molecule has 2 N–H and O–H groups in total. The van der Waals surface area contributed by atoms with Gasteiger partial charge in [0.1, 0.15) is 0 Å². The van der Waals surface area contributed by atoms with Crippen LogP contribution < -0.4 is 20.1 Å². The van der Waals surface area contributed by atoms with Gasteiger partial charge in [-0.15, -0.1) is 0 Å². The van der Waals surface area contributed by atoms with E-state index in [4.69, 9.17) is 9.47 Å². The molecule has 1 saturated heterocycles. The molecule has 5 heteroatoms. The molecule has 2 atom stereocenters. The molecular formula is C16H24N2O3. The van der Waals surface area contributed by atoms with Crippen LogP contribution in [0, 0.1) is 5.92 Å². The Morgan fingerprint density at radius 1 is 1.33 bits per heavy atom. The summed E-state index contributed by atoms with van der Waals surface area (Å²) in [7, 11) is 3.17. The Hall–Kier alpha value is -1.75. The number of ether oxygens (including phenoxy) is 2. The second kappa shape index (κ2) is 7.31. The van der Waals surface area contributed by atoms with Gasteiger partial charge in [-0.1, -0.05) is 6.92 Å². The predicted octanol–water partition coefficient (Wildman–Crippen LogP) is 2.42. The summed E-state index contributed by atoms with van der Waals surface area (Å²) in [4.78, 5) is 12.2. The summed E-state index contributed by atoms with van der Waals surface area (Å²) in [6.07, 6.45) is 2.87. The van der Waals surface area contributed by atoms with E-state index in [0.29, 0.717) is 23.8 Å². The number of amides is 1. The number of carbonyl (C=O) groups is 1. The highest BCUT2D eigenvalue weighted by molar-refractivity contribution is 5.91. The van der Waals surface area contributed by atoms with Gasteiger partial charge in [-0.2, -0.15) is 0 Å². The molecule has 1 aromatic rings. The van der Waals surface area contributed by atoms with Gasteiger partial charge < -0.3 is 20.1 Å². The van der Waals surface area contributed by atoms with Gasteiger partial charge in [-0.25, -0.2) is 0 Å². The van der Waals surface area contributed by atoms with Gasteiger partial charge in [0.15, 0.2) is 11.5 Å². The highest BCUT2D eigenvalue weighted by Crippen LogP contribution is 2.30. The first-order valence-electron chi connectivity index (χ1n) is 7.39. The Labute approximate surface area is 126 Å². The van der Waals surface area contributed by atoms with Gasteiger partial charge in [-0.3, -0.25) is 4.79 Å². The minimum absolute atomic E-state index is 0.0217. The predicted molar refractivity (Wildman–Crippen MR) is 83.0 cm³/mol. The molecule has 1 aliphatic rings. The Balaban J connectivity index is 1.96. The summed E-state index contributed by atoms with van der Waals surface area (Å²) in [6, 6.07) is 5.64. The summed E-state index contributed by atoms with van der Waals surface area (Å²) < 4.78 is 10.4. The van der Waals surface area contributed by atoms with Crippen LogP contribution in [0.25, 0.3) is 0 Å². The minimum atomic E-state index is 0.0217.